The topological polar surface area (TPSA) is 66.5 Å². The van der Waals surface area contributed by atoms with Gasteiger partial charge in [-0.2, -0.15) is 0 Å². The molecule has 1 saturated heterocycles. The Kier molecular flexibility index (Phi) is 3.28. The van der Waals surface area contributed by atoms with E-state index in [9.17, 15) is 13.2 Å². The molecule has 6 heteroatoms. The van der Waals surface area contributed by atoms with Crippen LogP contribution in [0.1, 0.15) is 20.8 Å². The normalized spacial score (nSPS) is 21.1. The van der Waals surface area contributed by atoms with Crippen LogP contribution in [-0.2, 0) is 9.84 Å². The van der Waals surface area contributed by atoms with E-state index in [0.717, 1.165) is 0 Å². The third kappa shape index (κ3) is 4.07. The molecule has 0 atom stereocenters. The van der Waals surface area contributed by atoms with E-state index in [1.165, 1.54) is 0 Å². The highest BCUT2D eigenvalue weighted by Crippen LogP contribution is 2.06. The predicted octanol–water partition coefficient (Wildman–Crippen LogP) is 0.225. The lowest BCUT2D eigenvalue weighted by atomic mass is 10.1. The SMILES string of the molecule is CC(C)(C)NC(=O)N1CCS(=O)(=O)CC1. The molecule has 0 spiro atoms. The molecule has 88 valence electrons. The van der Waals surface area contributed by atoms with Crippen LogP contribution >= 0.6 is 0 Å². The van der Waals surface area contributed by atoms with Gasteiger partial charge in [0.05, 0.1) is 11.5 Å². The monoisotopic (exact) mass is 234 g/mol. The maximum absolute atomic E-state index is 11.6. The summed E-state index contributed by atoms with van der Waals surface area (Å²) in [6, 6.07) is -0.183. The molecule has 2 amide bonds. The number of nitrogens with one attached hydrogen (secondary N) is 1. The number of rotatable bonds is 0. The van der Waals surface area contributed by atoms with Crippen molar-refractivity contribution in [1.29, 1.82) is 0 Å². The van der Waals surface area contributed by atoms with Gasteiger partial charge in [0.1, 0.15) is 0 Å². The number of urea groups is 1. The summed E-state index contributed by atoms with van der Waals surface area (Å²) in [7, 11) is -2.91. The lowest BCUT2D eigenvalue weighted by Gasteiger charge is -2.30. The number of sulfone groups is 1. The van der Waals surface area contributed by atoms with Gasteiger partial charge in [0.25, 0.3) is 0 Å². The van der Waals surface area contributed by atoms with E-state index in [2.05, 4.69) is 5.32 Å². The Balaban J connectivity index is 2.51. The minimum Gasteiger partial charge on any atom is -0.333 e. The average molecular weight is 234 g/mol. The summed E-state index contributed by atoms with van der Waals surface area (Å²) in [6.07, 6.45) is 0. The first-order chi connectivity index (χ1) is 6.70. The maximum atomic E-state index is 11.6. The highest BCUT2D eigenvalue weighted by atomic mass is 32.2. The number of nitrogens with zero attached hydrogens (tertiary/aromatic N) is 1. The van der Waals surface area contributed by atoms with Crippen LogP contribution in [0, 0.1) is 0 Å². The summed E-state index contributed by atoms with van der Waals surface area (Å²) in [6.45, 7) is 6.28. The van der Waals surface area contributed by atoms with Crippen LogP contribution in [0.25, 0.3) is 0 Å². The van der Waals surface area contributed by atoms with Gasteiger partial charge in [-0.05, 0) is 20.8 Å². The molecule has 0 radical (unpaired) electrons. The molecule has 1 rings (SSSR count). The minimum absolute atomic E-state index is 0.0740. The molecule has 1 N–H and O–H groups in total. The van der Waals surface area contributed by atoms with E-state index in [-0.39, 0.29) is 23.1 Å². The molecule has 0 bridgehead atoms. The quantitative estimate of drug-likeness (QED) is 0.652. The van der Waals surface area contributed by atoms with Crippen LogP contribution in [0.2, 0.25) is 0 Å². The van der Waals surface area contributed by atoms with Crippen molar-refractivity contribution in [3.8, 4) is 0 Å². The van der Waals surface area contributed by atoms with Crippen molar-refractivity contribution in [2.24, 2.45) is 0 Å². The number of carbonyl (C=O) groups is 1. The Morgan fingerprint density at radius 3 is 2.07 bits per heavy atom. The van der Waals surface area contributed by atoms with Crippen molar-refractivity contribution in [2.75, 3.05) is 24.6 Å². The van der Waals surface area contributed by atoms with Gasteiger partial charge >= 0.3 is 6.03 Å². The Morgan fingerprint density at radius 2 is 1.67 bits per heavy atom. The molecule has 15 heavy (non-hydrogen) atoms. The van der Waals surface area contributed by atoms with Crippen LogP contribution in [0.3, 0.4) is 0 Å². The van der Waals surface area contributed by atoms with Crippen molar-refractivity contribution in [3.05, 3.63) is 0 Å². The molecule has 0 aromatic carbocycles. The third-order valence-electron chi connectivity index (χ3n) is 2.11. The van der Waals surface area contributed by atoms with Crippen molar-refractivity contribution in [3.63, 3.8) is 0 Å². The molecule has 0 saturated carbocycles. The second-order valence-corrected chi connectivity index (χ2v) is 7.12. The lowest BCUT2D eigenvalue weighted by Crippen LogP contribution is -2.52. The lowest BCUT2D eigenvalue weighted by molar-refractivity contribution is 0.193. The Hall–Kier alpha value is -0.780. The molecular weight excluding hydrogens is 216 g/mol. The first kappa shape index (κ1) is 12.3. The van der Waals surface area contributed by atoms with Crippen LogP contribution in [0.15, 0.2) is 0 Å². The Morgan fingerprint density at radius 1 is 1.20 bits per heavy atom. The van der Waals surface area contributed by atoms with Crippen molar-refractivity contribution in [2.45, 2.75) is 26.3 Å². The van der Waals surface area contributed by atoms with Gasteiger partial charge in [-0.3, -0.25) is 0 Å². The average Bonchev–Trinajstić information content (AvgIpc) is 2.00. The summed E-state index contributed by atoms with van der Waals surface area (Å²) in [5, 5.41) is 2.81. The van der Waals surface area contributed by atoms with E-state index in [1.54, 1.807) is 4.90 Å². The summed E-state index contributed by atoms with van der Waals surface area (Å²) in [4.78, 5) is 13.2. The van der Waals surface area contributed by atoms with Gasteiger partial charge in [0.2, 0.25) is 0 Å². The molecular formula is C9H18N2O3S. The van der Waals surface area contributed by atoms with Crippen LogP contribution in [-0.4, -0.2) is 49.5 Å². The fourth-order valence-corrected chi connectivity index (χ4v) is 2.52. The molecule has 0 aromatic rings. The predicted molar refractivity (Wildman–Crippen MR) is 58.5 cm³/mol. The molecule has 5 nitrogen and oxygen atoms in total. The van der Waals surface area contributed by atoms with Crippen LogP contribution in [0.4, 0.5) is 4.79 Å². The second-order valence-electron chi connectivity index (χ2n) is 4.82. The van der Waals surface area contributed by atoms with E-state index in [0.29, 0.717) is 13.1 Å². The minimum atomic E-state index is -2.91. The fraction of sp³-hybridized carbons (Fsp3) is 0.889. The first-order valence-corrected chi connectivity index (χ1v) is 6.79. The van der Waals surface area contributed by atoms with E-state index < -0.39 is 9.84 Å². The number of hydrogen-bond donors (Lipinski definition) is 1. The highest BCUT2D eigenvalue weighted by Gasteiger charge is 2.26. The summed E-state index contributed by atoms with van der Waals surface area (Å²) in [5.41, 5.74) is -0.284. The van der Waals surface area contributed by atoms with Gasteiger partial charge in [-0.25, -0.2) is 13.2 Å². The molecule has 1 aliphatic rings. The van der Waals surface area contributed by atoms with Crippen LogP contribution in [0.5, 0.6) is 0 Å². The summed E-state index contributed by atoms with van der Waals surface area (Å²) < 4.78 is 22.3. The molecule has 0 aliphatic carbocycles. The summed E-state index contributed by atoms with van der Waals surface area (Å²) >= 11 is 0. The molecule has 1 fully saturated rings. The van der Waals surface area contributed by atoms with Gasteiger partial charge in [0.15, 0.2) is 9.84 Å². The van der Waals surface area contributed by atoms with Gasteiger partial charge in [0, 0.05) is 18.6 Å². The second kappa shape index (κ2) is 4.00. The highest BCUT2D eigenvalue weighted by molar-refractivity contribution is 7.91. The summed E-state index contributed by atoms with van der Waals surface area (Å²) in [5.74, 6) is 0.148. The Bertz CT molecular complexity index is 329. The van der Waals surface area contributed by atoms with E-state index >= 15 is 0 Å². The van der Waals surface area contributed by atoms with Crippen molar-refractivity contribution < 1.29 is 13.2 Å². The number of carbonyl (C=O) groups excluding carboxylic acids is 1. The van der Waals surface area contributed by atoms with Crippen molar-refractivity contribution >= 4 is 15.9 Å². The Labute approximate surface area is 90.7 Å². The van der Waals surface area contributed by atoms with Gasteiger partial charge < -0.3 is 10.2 Å². The number of amides is 2. The first-order valence-electron chi connectivity index (χ1n) is 4.97. The third-order valence-corrected chi connectivity index (χ3v) is 3.72. The molecule has 0 aromatic heterocycles. The molecule has 0 unspecified atom stereocenters. The zero-order chi connectivity index (χ0) is 11.7. The molecule has 1 aliphatic heterocycles. The fourth-order valence-electron chi connectivity index (χ4n) is 1.32. The van der Waals surface area contributed by atoms with Gasteiger partial charge in [-0.1, -0.05) is 0 Å². The molecule has 1 heterocycles. The number of hydrogen-bond acceptors (Lipinski definition) is 3. The zero-order valence-corrected chi connectivity index (χ0v) is 10.2. The van der Waals surface area contributed by atoms with Gasteiger partial charge in [-0.15, -0.1) is 0 Å². The largest absolute Gasteiger partial charge is 0.333 e. The van der Waals surface area contributed by atoms with Crippen LogP contribution < -0.4 is 5.32 Å². The zero-order valence-electron chi connectivity index (χ0n) is 9.41. The van der Waals surface area contributed by atoms with E-state index in [1.807, 2.05) is 20.8 Å². The smallest absolute Gasteiger partial charge is 0.317 e. The van der Waals surface area contributed by atoms with Crippen molar-refractivity contribution in [1.82, 2.24) is 10.2 Å². The standard InChI is InChI=1S/C9H18N2O3S/c1-9(2,3)10-8(12)11-4-6-15(13,14)7-5-11/h4-7H2,1-3H3,(H,10,12). The maximum Gasteiger partial charge on any atom is 0.317 e. The van der Waals surface area contributed by atoms with E-state index in [4.69, 9.17) is 0 Å².